The molecule has 11 nitrogen and oxygen atoms in total. The minimum absolute atomic E-state index is 0.141. The third-order valence-electron chi connectivity index (χ3n) is 6.34. The van der Waals surface area contributed by atoms with Gasteiger partial charge in [-0.1, -0.05) is 11.6 Å². The number of nitrogens with one attached hydrogen (secondary N) is 1. The molecule has 3 aromatic heterocycles. The average Bonchev–Trinajstić information content (AvgIpc) is 3.50. The summed E-state index contributed by atoms with van der Waals surface area (Å²) in [5.41, 5.74) is 1.25. The Morgan fingerprint density at radius 1 is 1.19 bits per heavy atom. The molecule has 3 aromatic rings. The van der Waals surface area contributed by atoms with Gasteiger partial charge in [0.05, 0.1) is 25.1 Å². The first-order valence-corrected chi connectivity index (χ1v) is 11.0. The zero-order chi connectivity index (χ0) is 22.2. The number of nitrogens with zero attached hydrogens (tertiary/aromatic N) is 7. The molecule has 1 saturated carbocycles. The Morgan fingerprint density at radius 3 is 2.84 bits per heavy atom. The minimum atomic E-state index is -0.914. The van der Waals surface area contributed by atoms with Crippen LogP contribution in [0.15, 0.2) is 24.8 Å². The Labute approximate surface area is 189 Å². The summed E-state index contributed by atoms with van der Waals surface area (Å²) in [4.78, 5) is 15.5. The molecule has 5 rings (SSSR count). The lowest BCUT2D eigenvalue weighted by Gasteiger charge is -2.19. The van der Waals surface area contributed by atoms with Crippen molar-refractivity contribution in [3.8, 4) is 0 Å². The number of aliphatic hydroxyl groups is 2. The number of fused-ring (bicyclic) bond motifs is 1. The number of hydrogen-bond acceptors (Lipinski definition) is 10. The van der Waals surface area contributed by atoms with E-state index < -0.39 is 12.2 Å². The Bertz CT molecular complexity index is 1080. The van der Waals surface area contributed by atoms with Gasteiger partial charge in [-0.05, 0) is 25.0 Å². The first kappa shape index (κ1) is 21.3. The van der Waals surface area contributed by atoms with E-state index in [2.05, 4.69) is 35.4 Å². The molecule has 0 bridgehead atoms. The number of methoxy groups -OCH3 is 1. The fraction of sp³-hybridized carbons (Fsp3) is 0.550. The number of aliphatic hydroxyl groups excluding tert-OH is 2. The van der Waals surface area contributed by atoms with Gasteiger partial charge in [0.25, 0.3) is 0 Å². The van der Waals surface area contributed by atoms with E-state index in [1.807, 2.05) is 10.6 Å². The Balaban J connectivity index is 1.33. The van der Waals surface area contributed by atoms with E-state index in [1.165, 1.54) is 6.33 Å². The molecule has 0 unspecified atom stereocenters. The van der Waals surface area contributed by atoms with Crippen LogP contribution in [-0.4, -0.2) is 85.0 Å². The van der Waals surface area contributed by atoms with E-state index >= 15 is 0 Å². The van der Waals surface area contributed by atoms with E-state index in [-0.39, 0.29) is 18.0 Å². The number of aromatic nitrogens is 6. The molecule has 32 heavy (non-hydrogen) atoms. The maximum atomic E-state index is 10.6. The van der Waals surface area contributed by atoms with Crippen molar-refractivity contribution in [3.05, 3.63) is 29.9 Å². The molecule has 0 radical (unpaired) electrons. The van der Waals surface area contributed by atoms with Crippen LogP contribution in [0.4, 0.5) is 11.6 Å². The van der Waals surface area contributed by atoms with Gasteiger partial charge in [0.1, 0.15) is 17.9 Å². The summed E-state index contributed by atoms with van der Waals surface area (Å²) >= 11 is 5.84. The van der Waals surface area contributed by atoms with Crippen molar-refractivity contribution in [1.82, 2.24) is 29.7 Å². The summed E-state index contributed by atoms with van der Waals surface area (Å²) < 4.78 is 7.02. The highest BCUT2D eigenvalue weighted by Crippen LogP contribution is 2.37. The van der Waals surface area contributed by atoms with Crippen LogP contribution in [0.3, 0.4) is 0 Å². The molecule has 1 saturated heterocycles. The van der Waals surface area contributed by atoms with Crippen LogP contribution >= 0.6 is 11.6 Å². The zero-order valence-corrected chi connectivity index (χ0v) is 18.3. The molecule has 2 fully saturated rings. The second-order valence-corrected chi connectivity index (χ2v) is 8.72. The van der Waals surface area contributed by atoms with E-state index in [4.69, 9.17) is 16.3 Å². The van der Waals surface area contributed by atoms with Crippen molar-refractivity contribution in [2.75, 3.05) is 37.0 Å². The molecule has 0 aromatic carbocycles. The summed E-state index contributed by atoms with van der Waals surface area (Å²) in [7, 11) is 1.59. The average molecular weight is 461 g/mol. The van der Waals surface area contributed by atoms with Gasteiger partial charge in [-0.25, -0.2) is 15.0 Å². The highest BCUT2D eigenvalue weighted by atomic mass is 35.5. The second-order valence-electron chi connectivity index (χ2n) is 8.34. The van der Waals surface area contributed by atoms with Crippen molar-refractivity contribution in [3.63, 3.8) is 0 Å². The standard InChI is InChI=1S/C20H25ClN8O3/c1-32-8-11-6-13(18(31)17(11)30)29-10-24-16-19(22-9-23-20(16)29)25-12-4-5-28(7-12)15-3-2-14(21)26-27-15/h2-3,9-13,17-18,30-31H,4-8H2,1H3,(H,22,23,25)/t11-,12+,13-,17-,18+/m1/s1. The monoisotopic (exact) mass is 460 g/mol. The number of hydrogen-bond donors (Lipinski definition) is 3. The highest BCUT2D eigenvalue weighted by Gasteiger charge is 2.43. The van der Waals surface area contributed by atoms with Crippen LogP contribution in [0.1, 0.15) is 18.9 Å². The van der Waals surface area contributed by atoms with Crippen LogP contribution in [0.25, 0.3) is 11.2 Å². The van der Waals surface area contributed by atoms with E-state index in [0.717, 1.165) is 25.3 Å². The Hall–Kier alpha value is -2.60. The predicted octanol–water partition coefficient (Wildman–Crippen LogP) is 0.890. The molecule has 5 atom stereocenters. The number of imidazole rings is 1. The maximum absolute atomic E-state index is 10.6. The minimum Gasteiger partial charge on any atom is -0.390 e. The second kappa shape index (κ2) is 8.74. The van der Waals surface area contributed by atoms with Gasteiger partial charge in [-0.15, -0.1) is 10.2 Å². The number of rotatable bonds is 6. The van der Waals surface area contributed by atoms with Crippen molar-refractivity contribution >= 4 is 34.4 Å². The van der Waals surface area contributed by atoms with Gasteiger partial charge in [0.2, 0.25) is 0 Å². The number of anilines is 2. The molecule has 0 spiro atoms. The molecular weight excluding hydrogens is 436 g/mol. The first-order valence-electron chi connectivity index (χ1n) is 10.6. The van der Waals surface area contributed by atoms with Crippen molar-refractivity contribution in [1.29, 1.82) is 0 Å². The maximum Gasteiger partial charge on any atom is 0.165 e. The molecule has 1 aliphatic heterocycles. The lowest BCUT2D eigenvalue weighted by molar-refractivity contribution is -0.00886. The summed E-state index contributed by atoms with van der Waals surface area (Å²) in [6, 6.07) is 3.42. The fourth-order valence-electron chi connectivity index (χ4n) is 4.71. The molecular formula is C20H25ClN8O3. The van der Waals surface area contributed by atoms with Gasteiger partial charge in [0.15, 0.2) is 22.4 Å². The third kappa shape index (κ3) is 3.85. The van der Waals surface area contributed by atoms with E-state index in [1.54, 1.807) is 19.5 Å². The third-order valence-corrected chi connectivity index (χ3v) is 6.54. The SMILES string of the molecule is COC[C@H]1C[C@@H](n2cnc3c(N[C@H]4CCN(c5ccc(Cl)nn5)C4)ncnc32)[C@H](O)[C@@H]1O. The van der Waals surface area contributed by atoms with Crippen molar-refractivity contribution < 1.29 is 14.9 Å². The van der Waals surface area contributed by atoms with Gasteiger partial charge in [-0.2, -0.15) is 0 Å². The Morgan fingerprint density at radius 2 is 2.06 bits per heavy atom. The largest absolute Gasteiger partial charge is 0.390 e. The fourth-order valence-corrected chi connectivity index (χ4v) is 4.81. The van der Waals surface area contributed by atoms with Gasteiger partial charge in [0, 0.05) is 32.2 Å². The van der Waals surface area contributed by atoms with Gasteiger partial charge >= 0.3 is 0 Å². The summed E-state index contributed by atoms with van der Waals surface area (Å²) in [6.07, 6.45) is 2.87. The highest BCUT2D eigenvalue weighted by molar-refractivity contribution is 6.29. The number of ether oxygens (including phenoxy) is 1. The van der Waals surface area contributed by atoms with Gasteiger partial charge in [-0.3, -0.25) is 0 Å². The molecule has 4 heterocycles. The Kier molecular flexibility index (Phi) is 5.80. The summed E-state index contributed by atoms with van der Waals surface area (Å²) in [5, 5.41) is 32.9. The van der Waals surface area contributed by atoms with Crippen LogP contribution in [0.5, 0.6) is 0 Å². The van der Waals surface area contributed by atoms with Crippen LogP contribution in [-0.2, 0) is 4.74 Å². The lowest BCUT2D eigenvalue weighted by Crippen LogP contribution is -2.30. The predicted molar refractivity (Wildman–Crippen MR) is 118 cm³/mol. The quantitative estimate of drug-likeness (QED) is 0.486. The topological polar surface area (TPSA) is 134 Å². The first-order chi connectivity index (χ1) is 15.5. The summed E-state index contributed by atoms with van der Waals surface area (Å²) in [6.45, 7) is 1.97. The molecule has 12 heteroatoms. The molecule has 3 N–H and O–H groups in total. The van der Waals surface area contributed by atoms with E-state index in [0.29, 0.717) is 35.2 Å². The van der Waals surface area contributed by atoms with Gasteiger partial charge < -0.3 is 29.7 Å². The lowest BCUT2D eigenvalue weighted by atomic mass is 10.1. The van der Waals surface area contributed by atoms with Crippen LogP contribution in [0, 0.1) is 5.92 Å². The summed E-state index contributed by atoms with van der Waals surface area (Å²) in [5.74, 6) is 1.29. The van der Waals surface area contributed by atoms with Crippen LogP contribution in [0.2, 0.25) is 5.15 Å². The number of halogens is 1. The van der Waals surface area contributed by atoms with Crippen LogP contribution < -0.4 is 10.2 Å². The molecule has 170 valence electrons. The zero-order valence-electron chi connectivity index (χ0n) is 17.5. The molecule has 2 aliphatic rings. The normalized spacial score (nSPS) is 28.0. The molecule has 0 amide bonds. The molecule has 1 aliphatic carbocycles. The van der Waals surface area contributed by atoms with E-state index in [9.17, 15) is 10.2 Å². The van der Waals surface area contributed by atoms with Crippen molar-refractivity contribution in [2.45, 2.75) is 37.1 Å². The smallest absolute Gasteiger partial charge is 0.165 e. The van der Waals surface area contributed by atoms with Crippen molar-refractivity contribution in [2.24, 2.45) is 5.92 Å².